The van der Waals surface area contributed by atoms with Crippen LogP contribution in [0, 0.1) is 12.8 Å². The standard InChI is InChI=1S/C20H31N5O/c1-15-18(11-22-23(15)3)13-24-8-9-25-19(12-21-20(25)16(24)2)7-10-26-14-17-5-4-6-17/h11-12,16-17H,4-10,13-14H2,1-3H3/t16-/m1/s1. The van der Waals surface area contributed by atoms with Gasteiger partial charge >= 0.3 is 0 Å². The van der Waals surface area contributed by atoms with Crippen molar-refractivity contribution in [2.45, 2.75) is 58.7 Å². The van der Waals surface area contributed by atoms with Crippen LogP contribution in [0.4, 0.5) is 0 Å². The lowest BCUT2D eigenvalue weighted by atomic mass is 9.86. The zero-order chi connectivity index (χ0) is 18.1. The fourth-order valence-corrected chi connectivity index (χ4v) is 4.02. The van der Waals surface area contributed by atoms with E-state index in [-0.39, 0.29) is 0 Å². The lowest BCUT2D eigenvalue weighted by Gasteiger charge is -2.34. The molecule has 0 radical (unpaired) electrons. The number of aryl methyl sites for hydroxylation is 1. The quantitative estimate of drug-likeness (QED) is 0.715. The van der Waals surface area contributed by atoms with E-state index in [0.717, 1.165) is 45.2 Å². The van der Waals surface area contributed by atoms with Gasteiger partial charge in [0.1, 0.15) is 5.82 Å². The highest BCUT2D eigenvalue weighted by Crippen LogP contribution is 2.28. The monoisotopic (exact) mass is 357 g/mol. The minimum atomic E-state index is 0.327. The summed E-state index contributed by atoms with van der Waals surface area (Å²) in [5.41, 5.74) is 3.87. The van der Waals surface area contributed by atoms with Crippen LogP contribution in [0.15, 0.2) is 12.4 Å². The molecule has 0 spiro atoms. The van der Waals surface area contributed by atoms with Gasteiger partial charge in [0.2, 0.25) is 0 Å². The smallest absolute Gasteiger partial charge is 0.126 e. The molecule has 1 saturated carbocycles. The van der Waals surface area contributed by atoms with Crippen LogP contribution in [0.5, 0.6) is 0 Å². The predicted octanol–water partition coefficient (Wildman–Crippen LogP) is 2.86. The summed E-state index contributed by atoms with van der Waals surface area (Å²) in [4.78, 5) is 7.25. The molecule has 1 atom stereocenters. The van der Waals surface area contributed by atoms with Crippen molar-refractivity contribution >= 4 is 0 Å². The number of imidazole rings is 1. The molecule has 142 valence electrons. The Bertz CT molecular complexity index is 745. The van der Waals surface area contributed by atoms with Gasteiger partial charge in [-0.05, 0) is 32.6 Å². The summed E-state index contributed by atoms with van der Waals surface area (Å²) >= 11 is 0. The Balaban J connectivity index is 1.35. The third-order valence-electron chi connectivity index (χ3n) is 6.29. The number of ether oxygens (including phenoxy) is 1. The first kappa shape index (κ1) is 17.7. The molecule has 1 aliphatic carbocycles. The van der Waals surface area contributed by atoms with Crippen LogP contribution < -0.4 is 0 Å². The first-order valence-corrected chi connectivity index (χ1v) is 9.97. The van der Waals surface area contributed by atoms with Crippen LogP contribution in [-0.2, 0) is 31.3 Å². The molecule has 6 heteroatoms. The number of rotatable bonds is 7. The van der Waals surface area contributed by atoms with Gasteiger partial charge in [0, 0.05) is 62.9 Å². The van der Waals surface area contributed by atoms with Gasteiger partial charge in [-0.15, -0.1) is 0 Å². The van der Waals surface area contributed by atoms with Gasteiger partial charge in [-0.3, -0.25) is 9.58 Å². The van der Waals surface area contributed by atoms with Crippen LogP contribution >= 0.6 is 0 Å². The van der Waals surface area contributed by atoms with Gasteiger partial charge in [-0.1, -0.05) is 6.42 Å². The Morgan fingerprint density at radius 1 is 1.23 bits per heavy atom. The van der Waals surface area contributed by atoms with E-state index in [9.17, 15) is 0 Å². The van der Waals surface area contributed by atoms with Gasteiger partial charge in [-0.25, -0.2) is 4.98 Å². The molecule has 0 amide bonds. The molecular formula is C20H31N5O. The third kappa shape index (κ3) is 3.45. The second kappa shape index (κ2) is 7.53. The first-order chi connectivity index (χ1) is 12.6. The number of hydrogen-bond acceptors (Lipinski definition) is 4. The highest BCUT2D eigenvalue weighted by Gasteiger charge is 2.27. The molecule has 0 unspecified atom stereocenters. The second-order valence-corrected chi connectivity index (χ2v) is 7.91. The number of aromatic nitrogens is 4. The van der Waals surface area contributed by atoms with E-state index in [2.05, 4.69) is 34.6 Å². The van der Waals surface area contributed by atoms with Crippen molar-refractivity contribution in [3.63, 3.8) is 0 Å². The maximum Gasteiger partial charge on any atom is 0.126 e. The maximum atomic E-state index is 5.88. The lowest BCUT2D eigenvalue weighted by molar-refractivity contribution is 0.0711. The topological polar surface area (TPSA) is 48.1 Å². The molecule has 4 rings (SSSR count). The van der Waals surface area contributed by atoms with Crippen molar-refractivity contribution in [1.82, 2.24) is 24.2 Å². The molecule has 2 aliphatic rings. The number of nitrogens with zero attached hydrogens (tertiary/aromatic N) is 5. The summed E-state index contributed by atoms with van der Waals surface area (Å²) in [6.45, 7) is 9.16. The summed E-state index contributed by atoms with van der Waals surface area (Å²) in [6.07, 6.45) is 9.11. The molecule has 0 bridgehead atoms. The minimum Gasteiger partial charge on any atom is -0.381 e. The van der Waals surface area contributed by atoms with E-state index >= 15 is 0 Å². The zero-order valence-electron chi connectivity index (χ0n) is 16.3. The fraction of sp³-hybridized carbons (Fsp3) is 0.700. The van der Waals surface area contributed by atoms with E-state index in [1.165, 1.54) is 42.0 Å². The lowest BCUT2D eigenvalue weighted by Crippen LogP contribution is -2.37. The molecule has 1 fully saturated rings. The van der Waals surface area contributed by atoms with Gasteiger partial charge in [0.05, 0.1) is 18.8 Å². The van der Waals surface area contributed by atoms with Crippen LogP contribution in [0.2, 0.25) is 0 Å². The van der Waals surface area contributed by atoms with Crippen molar-refractivity contribution < 1.29 is 4.74 Å². The number of fused-ring (bicyclic) bond motifs is 1. The van der Waals surface area contributed by atoms with E-state index in [4.69, 9.17) is 9.72 Å². The Labute approximate surface area is 156 Å². The second-order valence-electron chi connectivity index (χ2n) is 7.91. The largest absolute Gasteiger partial charge is 0.381 e. The van der Waals surface area contributed by atoms with Crippen LogP contribution in [-0.4, -0.2) is 44.0 Å². The average molecular weight is 358 g/mol. The Kier molecular flexibility index (Phi) is 5.14. The van der Waals surface area contributed by atoms with E-state index < -0.39 is 0 Å². The average Bonchev–Trinajstić information content (AvgIpc) is 3.14. The van der Waals surface area contributed by atoms with Crippen molar-refractivity contribution in [3.05, 3.63) is 35.2 Å². The van der Waals surface area contributed by atoms with Crippen LogP contribution in [0.1, 0.15) is 55.0 Å². The van der Waals surface area contributed by atoms with Crippen molar-refractivity contribution in [3.8, 4) is 0 Å². The van der Waals surface area contributed by atoms with Crippen LogP contribution in [0.3, 0.4) is 0 Å². The van der Waals surface area contributed by atoms with Crippen molar-refractivity contribution in [1.29, 1.82) is 0 Å². The van der Waals surface area contributed by atoms with Gasteiger partial charge in [0.15, 0.2) is 0 Å². The number of hydrogen-bond donors (Lipinski definition) is 0. The summed E-state index contributed by atoms with van der Waals surface area (Å²) in [5.74, 6) is 2.01. The van der Waals surface area contributed by atoms with Gasteiger partial charge in [-0.2, -0.15) is 5.10 Å². The van der Waals surface area contributed by atoms with Gasteiger partial charge in [0.25, 0.3) is 0 Å². The van der Waals surface area contributed by atoms with E-state index in [0.29, 0.717) is 6.04 Å². The summed E-state index contributed by atoms with van der Waals surface area (Å²) in [5, 5.41) is 4.37. The highest BCUT2D eigenvalue weighted by atomic mass is 16.5. The molecule has 0 saturated heterocycles. The molecule has 3 heterocycles. The molecule has 0 N–H and O–H groups in total. The Hall–Kier alpha value is -1.66. The van der Waals surface area contributed by atoms with E-state index in [1.807, 2.05) is 17.9 Å². The van der Waals surface area contributed by atoms with Crippen LogP contribution in [0.25, 0.3) is 0 Å². The molecule has 26 heavy (non-hydrogen) atoms. The molecule has 1 aliphatic heterocycles. The predicted molar refractivity (Wildman–Crippen MR) is 101 cm³/mol. The summed E-state index contributed by atoms with van der Waals surface area (Å²) < 4.78 is 10.2. The third-order valence-corrected chi connectivity index (χ3v) is 6.29. The maximum absolute atomic E-state index is 5.88. The Morgan fingerprint density at radius 2 is 2.08 bits per heavy atom. The summed E-state index contributed by atoms with van der Waals surface area (Å²) in [6, 6.07) is 0.327. The molecule has 6 nitrogen and oxygen atoms in total. The fourth-order valence-electron chi connectivity index (χ4n) is 4.02. The first-order valence-electron chi connectivity index (χ1n) is 9.97. The Morgan fingerprint density at radius 3 is 2.77 bits per heavy atom. The van der Waals surface area contributed by atoms with Crippen molar-refractivity contribution in [2.24, 2.45) is 13.0 Å². The molecular weight excluding hydrogens is 326 g/mol. The molecule has 2 aromatic heterocycles. The molecule has 2 aromatic rings. The SMILES string of the molecule is Cc1c(CN2CCn3c(CCOCC4CCC4)cnc3[C@H]2C)cnn1C. The minimum absolute atomic E-state index is 0.327. The zero-order valence-corrected chi connectivity index (χ0v) is 16.3. The van der Waals surface area contributed by atoms with E-state index in [1.54, 1.807) is 0 Å². The normalized spacial score (nSPS) is 21.0. The van der Waals surface area contributed by atoms with Crippen molar-refractivity contribution in [2.75, 3.05) is 19.8 Å². The highest BCUT2D eigenvalue weighted by molar-refractivity contribution is 5.17. The van der Waals surface area contributed by atoms with Gasteiger partial charge < -0.3 is 9.30 Å². The summed E-state index contributed by atoms with van der Waals surface area (Å²) in [7, 11) is 2.00. The molecule has 0 aromatic carbocycles.